The molecule has 2 rings (SSSR count). The van der Waals surface area contributed by atoms with E-state index in [1.165, 1.54) is 23.5 Å². The average molecular weight is 467 g/mol. The van der Waals surface area contributed by atoms with Gasteiger partial charge in [-0.3, -0.25) is 4.79 Å². The Kier molecular flexibility index (Phi) is 9.03. The molecule has 1 N–H and O–H groups in total. The first-order valence-electron chi connectivity index (χ1n) is 9.85. The maximum absolute atomic E-state index is 12.9. The highest BCUT2D eigenvalue weighted by Crippen LogP contribution is 2.24. The summed E-state index contributed by atoms with van der Waals surface area (Å²) in [4.78, 5) is 24.1. The molecular weight excluding hydrogens is 440 g/mol. The van der Waals surface area contributed by atoms with Crippen LogP contribution in [0.2, 0.25) is 5.02 Å². The van der Waals surface area contributed by atoms with Crippen LogP contribution >= 0.6 is 11.6 Å². The summed E-state index contributed by atoms with van der Waals surface area (Å²) in [6.45, 7) is 4.25. The first kappa shape index (κ1) is 24.8. The zero-order chi connectivity index (χ0) is 23.0. The zero-order valence-corrected chi connectivity index (χ0v) is 19.4. The monoisotopic (exact) mass is 466 g/mol. The van der Waals surface area contributed by atoms with Gasteiger partial charge in [0.15, 0.2) is 6.61 Å². The summed E-state index contributed by atoms with van der Waals surface area (Å²) in [6, 6.07) is 13.0. The molecule has 0 aliphatic rings. The van der Waals surface area contributed by atoms with Gasteiger partial charge in [-0.2, -0.15) is 4.31 Å². The van der Waals surface area contributed by atoms with Crippen molar-refractivity contribution in [2.75, 3.05) is 20.2 Å². The van der Waals surface area contributed by atoms with Gasteiger partial charge in [-0.15, -0.1) is 0 Å². The fraction of sp³-hybridized carbons (Fsp3) is 0.364. The third kappa shape index (κ3) is 7.34. The van der Waals surface area contributed by atoms with E-state index in [4.69, 9.17) is 16.3 Å². The van der Waals surface area contributed by atoms with E-state index < -0.39 is 28.5 Å². The van der Waals surface area contributed by atoms with Gasteiger partial charge in [-0.05, 0) is 36.1 Å². The van der Waals surface area contributed by atoms with Crippen LogP contribution in [0.25, 0.3) is 0 Å². The number of carbonyl (C=O) groups is 2. The lowest BCUT2D eigenvalue weighted by Crippen LogP contribution is -2.30. The second kappa shape index (κ2) is 11.3. The van der Waals surface area contributed by atoms with Crippen LogP contribution in [0.1, 0.15) is 36.2 Å². The summed E-state index contributed by atoms with van der Waals surface area (Å²) in [5.74, 6) is -0.866. The van der Waals surface area contributed by atoms with E-state index in [2.05, 4.69) is 5.32 Å². The van der Waals surface area contributed by atoms with Gasteiger partial charge in [0.1, 0.15) is 0 Å². The van der Waals surface area contributed by atoms with E-state index in [1.54, 1.807) is 0 Å². The summed E-state index contributed by atoms with van der Waals surface area (Å²) < 4.78 is 32.0. The molecule has 0 spiro atoms. The first-order valence-corrected chi connectivity index (χ1v) is 11.7. The molecule has 1 amide bonds. The molecule has 0 fully saturated rings. The lowest BCUT2D eigenvalue weighted by molar-refractivity contribution is -0.124. The van der Waals surface area contributed by atoms with Crippen LogP contribution in [0.3, 0.4) is 0 Å². The number of halogens is 1. The normalized spacial score (nSPS) is 11.5. The molecule has 0 unspecified atom stereocenters. The van der Waals surface area contributed by atoms with Gasteiger partial charge in [0, 0.05) is 20.1 Å². The summed E-state index contributed by atoms with van der Waals surface area (Å²) in [6.07, 6.45) is 0.807. The molecule has 0 aliphatic carbocycles. The smallest absolute Gasteiger partial charge is 0.340 e. The Balaban J connectivity index is 2.08. The summed E-state index contributed by atoms with van der Waals surface area (Å²) in [5.41, 5.74) is 0.705. The SMILES string of the molecule is CC(C)CCNC(=O)COC(=O)c1cc(S(=O)(=O)N(C)Cc2ccccc2)ccc1Cl. The van der Waals surface area contributed by atoms with Crippen molar-refractivity contribution in [3.8, 4) is 0 Å². The molecule has 31 heavy (non-hydrogen) atoms. The molecule has 2 aromatic carbocycles. The lowest BCUT2D eigenvalue weighted by atomic mass is 10.1. The van der Waals surface area contributed by atoms with E-state index in [0.29, 0.717) is 12.5 Å². The van der Waals surface area contributed by atoms with E-state index in [-0.39, 0.29) is 22.0 Å². The third-order valence-corrected chi connectivity index (χ3v) is 6.62. The number of nitrogens with one attached hydrogen (secondary N) is 1. The molecule has 168 valence electrons. The molecule has 0 saturated carbocycles. The minimum atomic E-state index is -3.87. The molecular formula is C22H27ClN2O5S. The van der Waals surface area contributed by atoms with Crippen molar-refractivity contribution >= 4 is 33.5 Å². The largest absolute Gasteiger partial charge is 0.452 e. The van der Waals surface area contributed by atoms with Crippen molar-refractivity contribution in [1.82, 2.24) is 9.62 Å². The van der Waals surface area contributed by atoms with Crippen molar-refractivity contribution in [3.05, 3.63) is 64.7 Å². The molecule has 9 heteroatoms. The number of ether oxygens (including phenoxy) is 1. The van der Waals surface area contributed by atoms with Crippen LogP contribution in [0.4, 0.5) is 0 Å². The van der Waals surface area contributed by atoms with Gasteiger partial charge in [0.05, 0.1) is 15.5 Å². The Morgan fingerprint density at radius 1 is 1.13 bits per heavy atom. The first-order chi connectivity index (χ1) is 14.6. The van der Waals surface area contributed by atoms with Gasteiger partial charge >= 0.3 is 5.97 Å². The molecule has 0 aliphatic heterocycles. The Bertz CT molecular complexity index is 1010. The van der Waals surface area contributed by atoms with Crippen LogP contribution in [-0.4, -0.2) is 44.8 Å². The number of nitrogens with zero attached hydrogens (tertiary/aromatic N) is 1. The number of sulfonamides is 1. The van der Waals surface area contributed by atoms with Crippen LogP contribution in [0.15, 0.2) is 53.4 Å². The predicted octanol–water partition coefficient (Wildman–Crippen LogP) is 3.48. The quantitative estimate of drug-likeness (QED) is 0.541. The maximum atomic E-state index is 12.9. The number of hydrogen-bond acceptors (Lipinski definition) is 5. The van der Waals surface area contributed by atoms with Gasteiger partial charge in [0.2, 0.25) is 10.0 Å². The van der Waals surface area contributed by atoms with Crippen LogP contribution < -0.4 is 5.32 Å². The summed E-state index contributed by atoms with van der Waals surface area (Å²) in [5, 5.41) is 2.69. The van der Waals surface area contributed by atoms with Gasteiger partial charge in [0.25, 0.3) is 5.91 Å². The lowest BCUT2D eigenvalue weighted by Gasteiger charge is -2.18. The van der Waals surface area contributed by atoms with Crippen molar-refractivity contribution in [3.63, 3.8) is 0 Å². The maximum Gasteiger partial charge on any atom is 0.340 e. The van der Waals surface area contributed by atoms with Crippen molar-refractivity contribution in [2.45, 2.75) is 31.7 Å². The fourth-order valence-electron chi connectivity index (χ4n) is 2.69. The van der Waals surface area contributed by atoms with E-state index in [1.807, 2.05) is 44.2 Å². The highest BCUT2D eigenvalue weighted by atomic mass is 35.5. The van der Waals surface area contributed by atoms with Gasteiger partial charge < -0.3 is 10.1 Å². The van der Waals surface area contributed by atoms with Gasteiger partial charge in [-0.1, -0.05) is 55.8 Å². The highest BCUT2D eigenvalue weighted by molar-refractivity contribution is 7.89. The van der Waals surface area contributed by atoms with E-state index in [9.17, 15) is 18.0 Å². The van der Waals surface area contributed by atoms with E-state index in [0.717, 1.165) is 18.1 Å². The van der Waals surface area contributed by atoms with Crippen LogP contribution in [-0.2, 0) is 26.1 Å². The predicted molar refractivity (Wildman–Crippen MR) is 119 cm³/mol. The van der Waals surface area contributed by atoms with Crippen molar-refractivity contribution in [2.24, 2.45) is 5.92 Å². The number of amides is 1. The fourth-order valence-corrected chi connectivity index (χ4v) is 4.07. The van der Waals surface area contributed by atoms with Crippen LogP contribution in [0, 0.1) is 5.92 Å². The van der Waals surface area contributed by atoms with Crippen LogP contribution in [0.5, 0.6) is 0 Å². The summed E-state index contributed by atoms with van der Waals surface area (Å²) >= 11 is 6.07. The third-order valence-electron chi connectivity index (χ3n) is 4.49. The molecule has 0 saturated heterocycles. The summed E-state index contributed by atoms with van der Waals surface area (Å²) in [7, 11) is -2.42. The number of benzene rings is 2. The molecule has 0 heterocycles. The number of hydrogen-bond donors (Lipinski definition) is 1. The second-order valence-electron chi connectivity index (χ2n) is 7.50. The number of carbonyl (C=O) groups excluding carboxylic acids is 2. The highest BCUT2D eigenvalue weighted by Gasteiger charge is 2.24. The topological polar surface area (TPSA) is 92.8 Å². The molecule has 0 atom stereocenters. The molecule has 2 aromatic rings. The molecule has 0 radical (unpaired) electrons. The Morgan fingerprint density at radius 2 is 1.81 bits per heavy atom. The second-order valence-corrected chi connectivity index (χ2v) is 9.95. The number of esters is 1. The zero-order valence-electron chi connectivity index (χ0n) is 17.8. The minimum absolute atomic E-state index is 0.0369. The molecule has 0 aromatic heterocycles. The number of rotatable bonds is 10. The Labute approximate surface area is 188 Å². The Morgan fingerprint density at radius 3 is 2.45 bits per heavy atom. The van der Waals surface area contributed by atoms with E-state index >= 15 is 0 Å². The van der Waals surface area contributed by atoms with Crippen molar-refractivity contribution < 1.29 is 22.7 Å². The minimum Gasteiger partial charge on any atom is -0.452 e. The molecule has 7 nitrogen and oxygen atoms in total. The van der Waals surface area contributed by atoms with Crippen molar-refractivity contribution in [1.29, 1.82) is 0 Å². The standard InChI is InChI=1S/C22H27ClN2O5S/c1-16(2)11-12-24-21(26)15-30-22(27)19-13-18(9-10-20(19)23)31(28,29)25(3)14-17-7-5-4-6-8-17/h4-10,13,16H,11-12,14-15H2,1-3H3,(H,24,26). The average Bonchev–Trinajstić information content (AvgIpc) is 2.72. The van der Waals surface area contributed by atoms with Gasteiger partial charge in [-0.25, -0.2) is 13.2 Å². The Hall–Kier alpha value is -2.42. The molecule has 0 bridgehead atoms.